The fourth-order valence-corrected chi connectivity index (χ4v) is 19.2. The minimum absolute atomic E-state index is 0. The van der Waals surface area contributed by atoms with Gasteiger partial charge in [-0.1, -0.05) is 130 Å². The SMILES string of the molecule is CC(C)Nc1cc(-c2c[nH]c(C(=O)N[C@H](COC(=O)CC3CCCCC3)c3cccc(Cl)c3)c2)c(Cl)cn1.CC(C)Nc1cc(-c2c[nH]c(C(=O)N[C@H](COC(=O)CC3CCN(C(=O)C4CCN(Cc5ccc(-n6c(-c7cc(C(C)C)c(O)cc7O)n[nH]c6=O)cc5F)CC4)CC3)c3cccc(Cl)c3)c2)c(Cl)cn1.CC(C)c1cc(-c2n[nH]c(=O)n2-c2ccc(CN3CCC(C(=O)O)CC3)c(F)c2)c(O)cc1O.Cl. The van der Waals surface area contributed by atoms with Gasteiger partial charge in [-0.25, -0.2) is 47.7 Å². The molecule has 3 amide bonds. The fourth-order valence-electron chi connectivity index (χ4n) is 18.4. The van der Waals surface area contributed by atoms with E-state index in [1.807, 2.05) is 89.5 Å². The standard InChI is InChI=1S/C52H58Cl2FN9O7.C29H34Cl2N4O3.C24H27FN4O5.ClH/c1-29(2)38-22-40(46(66)24-45(38)65)49-60-61-52(70)64(49)37-9-8-34(42(55)21-37)27-62-14-12-32(13-15-62)51(69)63-16-10-31(11-17-63)18-48(67)71-28-44(33-6-5-7-36(53)19-33)59-50(68)43-20-35(25-56-43)39-23-47(58-30(3)4)57-26-41(39)54;1-18(2)34-27-14-23(24(31)16-33-27)21-13-25(32-15-21)29(37)35-26(20-9-6-10-22(30)12-20)17-38-28(36)11-19-7-4-3-5-8-19;1-13(2)17-10-18(21(31)11-20(17)30)22-26-27-24(34)29(22)16-4-3-15(19(25)9-16)12-28-7-5-14(6-8-28)23(32)33;/h5-9,19-26,29-32,44,56,65-66H,10-18,27-28H2,1-4H3,(H,57,58)(H,59,68)(H,61,70);6,9-10,12-16,18-19,26,32H,3-5,7-8,11,17H2,1-2H3,(H,33,34)(H,35,37);3-4,9-11,13-14,30-31H,5-8,12H2,1-2H3,(H,27,34)(H,32,33);1H/t44-;26-;;/m11../s1. The number of aromatic hydroxyl groups is 4. The maximum Gasteiger partial charge on any atom is 0.348 e. The van der Waals surface area contributed by atoms with Gasteiger partial charge in [0.2, 0.25) is 5.91 Å². The number of esters is 2. The number of pyridine rings is 2. The topological polar surface area (TPSA) is 439 Å². The molecule has 4 aliphatic rings. The number of phenolic OH excluding ortho intramolecular Hbond substituents is 4. The van der Waals surface area contributed by atoms with Gasteiger partial charge in [-0.3, -0.25) is 38.6 Å². The largest absolute Gasteiger partial charge is 0.508 e. The Morgan fingerprint density at radius 2 is 0.889 bits per heavy atom. The van der Waals surface area contributed by atoms with Crippen molar-refractivity contribution in [2.24, 2.45) is 23.7 Å². The number of likely N-dealkylation sites (tertiary alicyclic amines) is 3. The number of phenols is 4. The number of benzene rings is 6. The molecule has 13 N–H and O–H groups in total. The van der Waals surface area contributed by atoms with Gasteiger partial charge in [-0.2, -0.15) is 10.2 Å². The summed E-state index contributed by atoms with van der Waals surface area (Å²) in [5.41, 5.74) is 6.65. The van der Waals surface area contributed by atoms with Crippen LogP contribution in [0.1, 0.15) is 217 Å². The van der Waals surface area contributed by atoms with Crippen LogP contribution in [0, 0.1) is 35.3 Å². The molecule has 16 rings (SSSR count). The van der Waals surface area contributed by atoms with Gasteiger partial charge < -0.3 is 71.1 Å². The third-order valence-electron chi connectivity index (χ3n) is 26.2. The zero-order valence-corrected chi connectivity index (χ0v) is 84.9. The first-order chi connectivity index (χ1) is 68.4. The average molecular weight is 2080 g/mol. The van der Waals surface area contributed by atoms with Gasteiger partial charge >= 0.3 is 29.3 Å². The maximum absolute atomic E-state index is 15.7. The van der Waals surface area contributed by atoms with Crippen molar-refractivity contribution in [2.45, 2.75) is 188 Å². The third kappa shape index (κ3) is 27.9. The van der Waals surface area contributed by atoms with Crippen molar-refractivity contribution in [1.82, 2.24) is 74.8 Å². The first kappa shape index (κ1) is 108. The molecule has 6 aromatic carbocycles. The van der Waals surface area contributed by atoms with E-state index >= 15 is 8.78 Å². The second-order valence-electron chi connectivity index (χ2n) is 38.0. The summed E-state index contributed by atoms with van der Waals surface area (Å²) in [4.78, 5) is 124. The molecule has 144 heavy (non-hydrogen) atoms. The van der Waals surface area contributed by atoms with Crippen LogP contribution in [-0.2, 0) is 41.7 Å². The molecule has 0 spiro atoms. The average Bonchev–Trinajstić information content (AvgIpc) is 1.59. The summed E-state index contributed by atoms with van der Waals surface area (Å²) in [6.45, 7) is 19.5. The Morgan fingerprint density at radius 1 is 0.479 bits per heavy atom. The van der Waals surface area contributed by atoms with Crippen LogP contribution in [0.3, 0.4) is 0 Å². The first-order valence-electron chi connectivity index (χ1n) is 48.1. The number of rotatable bonds is 32. The molecule has 0 unspecified atom stereocenters. The van der Waals surface area contributed by atoms with Crippen LogP contribution >= 0.6 is 58.8 Å². The van der Waals surface area contributed by atoms with Crippen molar-refractivity contribution in [3.63, 3.8) is 0 Å². The van der Waals surface area contributed by atoms with Crippen molar-refractivity contribution in [3.05, 3.63) is 256 Å². The number of H-pyrrole nitrogens is 4. The number of anilines is 2. The number of piperidine rings is 3. The number of nitrogens with one attached hydrogen (secondary N) is 8. The lowest BCUT2D eigenvalue weighted by Crippen LogP contribution is -2.45. The quantitative estimate of drug-likeness (QED) is 0.0174. The number of aliphatic carboxylic acids is 1. The van der Waals surface area contributed by atoms with Gasteiger partial charge in [-0.05, 0) is 236 Å². The molecule has 3 saturated heterocycles. The normalized spacial score (nSPS) is 15.0. The van der Waals surface area contributed by atoms with E-state index in [2.05, 4.69) is 66.5 Å². The number of ether oxygens (including phenoxy) is 2. The van der Waals surface area contributed by atoms with Crippen LogP contribution in [0.4, 0.5) is 20.4 Å². The van der Waals surface area contributed by atoms with Gasteiger partial charge in [0.05, 0.1) is 50.5 Å². The lowest BCUT2D eigenvalue weighted by atomic mass is 9.87. The number of amides is 3. The molecule has 32 nitrogen and oxygen atoms in total. The van der Waals surface area contributed by atoms with E-state index in [0.717, 1.165) is 42.4 Å². The Kier molecular flexibility index (Phi) is 37.2. The van der Waals surface area contributed by atoms with E-state index in [1.165, 1.54) is 39.8 Å². The minimum atomic E-state index is -0.795. The van der Waals surface area contributed by atoms with Crippen LogP contribution < -0.4 is 32.6 Å². The van der Waals surface area contributed by atoms with Crippen molar-refractivity contribution in [3.8, 4) is 79.4 Å². The molecule has 1 aliphatic carbocycles. The van der Waals surface area contributed by atoms with Gasteiger partial charge in [0.25, 0.3) is 11.8 Å². The first-order valence-corrected chi connectivity index (χ1v) is 49.6. The highest BCUT2D eigenvalue weighted by Crippen LogP contribution is 2.42. The molecule has 9 heterocycles. The highest BCUT2D eigenvalue weighted by molar-refractivity contribution is 6.34. The number of carboxylic acid groups (broad SMARTS) is 1. The predicted octanol–water partition coefficient (Wildman–Crippen LogP) is 19.8. The highest BCUT2D eigenvalue weighted by Gasteiger charge is 2.35. The number of halogens is 7. The van der Waals surface area contributed by atoms with E-state index in [-0.39, 0.29) is 154 Å². The Labute approximate surface area is 857 Å². The lowest BCUT2D eigenvalue weighted by Gasteiger charge is -2.37. The summed E-state index contributed by atoms with van der Waals surface area (Å²) in [6, 6.07) is 34.9. The number of carboxylic acids is 1. The number of carbonyl (C=O) groups is 6. The number of aromatic amines is 4. The monoisotopic (exact) mass is 2070 g/mol. The van der Waals surface area contributed by atoms with Gasteiger partial charge in [0, 0.05) is 137 Å². The Bertz CT molecular complexity index is 6670. The lowest BCUT2D eigenvalue weighted by molar-refractivity contribution is -0.147. The number of carbonyl (C=O) groups excluding carboxylic acids is 5. The Hall–Kier alpha value is -13.1. The summed E-state index contributed by atoms with van der Waals surface area (Å²) >= 11 is 25.4. The van der Waals surface area contributed by atoms with Crippen LogP contribution in [0.5, 0.6) is 23.0 Å². The van der Waals surface area contributed by atoms with Crippen LogP contribution in [0.25, 0.3) is 56.4 Å². The Balaban J connectivity index is 0.000000200. The second kappa shape index (κ2) is 49.5. The third-order valence-corrected chi connectivity index (χ3v) is 27.2. The summed E-state index contributed by atoms with van der Waals surface area (Å²) in [5, 5.41) is 77.9. The van der Waals surface area contributed by atoms with Crippen molar-refractivity contribution in [2.75, 3.05) is 63.1 Å². The summed E-state index contributed by atoms with van der Waals surface area (Å²) in [5.74, 6) is -2.52. The summed E-state index contributed by atoms with van der Waals surface area (Å²) < 4.78 is 44.5. The molecule has 764 valence electrons. The zero-order chi connectivity index (χ0) is 102. The molecule has 0 bridgehead atoms. The second-order valence-corrected chi connectivity index (χ2v) is 39.7. The Morgan fingerprint density at radius 3 is 1.28 bits per heavy atom. The molecule has 4 fully saturated rings. The van der Waals surface area contributed by atoms with Gasteiger partial charge in [0.1, 0.15) is 70.9 Å². The number of hydrogen-bond donors (Lipinski definition) is 13. The molecule has 1 saturated carbocycles. The van der Waals surface area contributed by atoms with E-state index in [9.17, 15) is 58.8 Å². The fraction of sp³-hybridized carbons (Fsp3) is 0.390. The highest BCUT2D eigenvalue weighted by atomic mass is 35.5. The molecule has 39 heteroatoms. The van der Waals surface area contributed by atoms with E-state index in [0.29, 0.717) is 180 Å². The zero-order valence-electron chi connectivity index (χ0n) is 81.1. The summed E-state index contributed by atoms with van der Waals surface area (Å²) in [6.07, 6.45) is 16.5. The van der Waals surface area contributed by atoms with E-state index in [1.54, 1.807) is 110 Å². The molecule has 2 atom stereocenters. The van der Waals surface area contributed by atoms with Crippen LogP contribution in [0.2, 0.25) is 20.1 Å². The van der Waals surface area contributed by atoms with Crippen LogP contribution in [0.15, 0.2) is 168 Å². The summed E-state index contributed by atoms with van der Waals surface area (Å²) in [7, 11) is 0. The molecule has 6 aromatic heterocycles. The van der Waals surface area contributed by atoms with Crippen molar-refractivity contribution in [1.29, 1.82) is 0 Å². The van der Waals surface area contributed by atoms with Gasteiger partial charge in [-0.15, -0.1) is 12.4 Å². The van der Waals surface area contributed by atoms with E-state index < -0.39 is 52.9 Å². The van der Waals surface area contributed by atoms with E-state index in [4.69, 9.17) is 61.0 Å². The minimum Gasteiger partial charge on any atom is -0.508 e. The van der Waals surface area contributed by atoms with Crippen LogP contribution in [-0.4, -0.2) is 190 Å². The predicted molar refractivity (Wildman–Crippen MR) is 551 cm³/mol. The molecular weight excluding hydrogens is 1950 g/mol. The molecule has 3 aliphatic heterocycles. The molecule has 0 radical (unpaired) electrons. The van der Waals surface area contributed by atoms with Crippen molar-refractivity contribution < 1.29 is 72.6 Å². The maximum atomic E-state index is 15.7. The number of hydrogen-bond acceptors (Lipinski definition) is 22. The molecule has 12 aromatic rings. The number of nitrogens with zero attached hydrogens (tertiary/aromatic N) is 9. The number of aromatic nitrogens is 10. The molecular formula is C105H120Cl5F2N17O15. The van der Waals surface area contributed by atoms with Gasteiger partial charge in [0.15, 0.2) is 11.6 Å². The smallest absolute Gasteiger partial charge is 0.348 e. The van der Waals surface area contributed by atoms with Crippen molar-refractivity contribution >= 4 is 106 Å².